The summed E-state index contributed by atoms with van der Waals surface area (Å²) in [4.78, 5) is 1.24. The summed E-state index contributed by atoms with van der Waals surface area (Å²) in [6, 6.07) is 8.12. The Balaban J connectivity index is 1.94. The molecular weight excluding hydrogens is 196 g/mol. The van der Waals surface area contributed by atoms with Crippen LogP contribution in [0.2, 0.25) is 0 Å². The first-order valence-electron chi connectivity index (χ1n) is 4.63. The highest BCUT2D eigenvalue weighted by atomic mass is 32.2. The van der Waals surface area contributed by atoms with Crippen molar-refractivity contribution in [1.29, 1.82) is 0 Å². The van der Waals surface area contributed by atoms with Gasteiger partial charge in [-0.25, -0.2) is 0 Å². The van der Waals surface area contributed by atoms with Crippen LogP contribution >= 0.6 is 11.8 Å². The Morgan fingerprint density at radius 2 is 2.36 bits per heavy atom. The molecule has 2 rings (SSSR count). The van der Waals surface area contributed by atoms with E-state index in [0.717, 1.165) is 18.1 Å². The van der Waals surface area contributed by atoms with Gasteiger partial charge in [-0.1, -0.05) is 6.07 Å². The average Bonchev–Trinajstić information content (AvgIpc) is 2.95. The molecule has 2 nitrogen and oxygen atoms in total. The monoisotopic (exact) mass is 210 g/mol. The number of benzene rings is 1. The third-order valence-corrected chi connectivity index (χ3v) is 3.56. The number of thioether (sulfide) groups is 1. The molecule has 1 saturated heterocycles. The van der Waals surface area contributed by atoms with Crippen LogP contribution in [0.15, 0.2) is 29.2 Å². The summed E-state index contributed by atoms with van der Waals surface area (Å²) in [7, 11) is 1.69. The maximum Gasteiger partial charge on any atom is 0.119 e. The standard InChI is InChI=1S/C11H14O2S/c1-11(7-13-11)8-14-10-5-3-4-9(6-10)12-2/h3-6H,7-8H2,1-2H3. The van der Waals surface area contributed by atoms with E-state index < -0.39 is 0 Å². The van der Waals surface area contributed by atoms with Crippen LogP contribution in [-0.4, -0.2) is 25.1 Å². The van der Waals surface area contributed by atoms with Crippen LogP contribution in [-0.2, 0) is 4.74 Å². The fourth-order valence-corrected chi connectivity index (χ4v) is 2.15. The quantitative estimate of drug-likeness (QED) is 0.563. The van der Waals surface area contributed by atoms with Gasteiger partial charge in [0.25, 0.3) is 0 Å². The highest BCUT2D eigenvalue weighted by Gasteiger charge is 2.38. The number of rotatable bonds is 4. The maximum absolute atomic E-state index is 5.32. The molecule has 0 aliphatic carbocycles. The number of ether oxygens (including phenoxy) is 2. The van der Waals surface area contributed by atoms with Crippen molar-refractivity contribution < 1.29 is 9.47 Å². The molecule has 3 heteroatoms. The van der Waals surface area contributed by atoms with Crippen LogP contribution in [0, 0.1) is 0 Å². The van der Waals surface area contributed by atoms with E-state index >= 15 is 0 Å². The van der Waals surface area contributed by atoms with Crippen LogP contribution in [0.5, 0.6) is 5.75 Å². The fraction of sp³-hybridized carbons (Fsp3) is 0.455. The summed E-state index contributed by atoms with van der Waals surface area (Å²) < 4.78 is 10.5. The van der Waals surface area contributed by atoms with Crippen molar-refractivity contribution in [3.63, 3.8) is 0 Å². The number of hydrogen-bond donors (Lipinski definition) is 0. The van der Waals surface area contributed by atoms with Crippen molar-refractivity contribution in [2.75, 3.05) is 19.5 Å². The highest BCUT2D eigenvalue weighted by Crippen LogP contribution is 2.34. The fourth-order valence-electron chi connectivity index (χ4n) is 1.13. The molecule has 1 atom stereocenters. The molecule has 0 amide bonds. The van der Waals surface area contributed by atoms with E-state index in [-0.39, 0.29) is 5.60 Å². The zero-order valence-corrected chi connectivity index (χ0v) is 9.26. The van der Waals surface area contributed by atoms with Gasteiger partial charge in [0.1, 0.15) is 5.75 Å². The van der Waals surface area contributed by atoms with Gasteiger partial charge in [0.15, 0.2) is 0 Å². The largest absolute Gasteiger partial charge is 0.497 e. The Bertz CT molecular complexity index is 321. The van der Waals surface area contributed by atoms with Gasteiger partial charge in [-0.2, -0.15) is 0 Å². The first-order chi connectivity index (χ1) is 6.72. The Morgan fingerprint density at radius 1 is 1.57 bits per heavy atom. The molecule has 76 valence electrons. The Hall–Kier alpha value is -0.670. The van der Waals surface area contributed by atoms with Crippen molar-refractivity contribution in [3.05, 3.63) is 24.3 Å². The predicted molar refractivity (Wildman–Crippen MR) is 58.1 cm³/mol. The lowest BCUT2D eigenvalue weighted by atomic mass is 10.3. The van der Waals surface area contributed by atoms with Crippen molar-refractivity contribution in [2.24, 2.45) is 0 Å². The summed E-state index contributed by atoms with van der Waals surface area (Å²) in [6.07, 6.45) is 0. The van der Waals surface area contributed by atoms with Gasteiger partial charge >= 0.3 is 0 Å². The summed E-state index contributed by atoms with van der Waals surface area (Å²) >= 11 is 1.81. The molecular formula is C11H14O2S. The van der Waals surface area contributed by atoms with E-state index in [1.165, 1.54) is 4.90 Å². The van der Waals surface area contributed by atoms with Crippen LogP contribution in [0.4, 0.5) is 0 Å². The highest BCUT2D eigenvalue weighted by molar-refractivity contribution is 7.99. The molecule has 14 heavy (non-hydrogen) atoms. The van der Waals surface area contributed by atoms with Crippen molar-refractivity contribution in [3.8, 4) is 5.75 Å². The molecule has 0 radical (unpaired) electrons. The van der Waals surface area contributed by atoms with E-state index in [2.05, 4.69) is 19.1 Å². The van der Waals surface area contributed by atoms with Gasteiger partial charge in [-0.15, -0.1) is 11.8 Å². The maximum atomic E-state index is 5.32. The van der Waals surface area contributed by atoms with E-state index in [1.54, 1.807) is 7.11 Å². The lowest BCUT2D eigenvalue weighted by molar-refractivity contribution is 0.348. The average molecular weight is 210 g/mol. The molecule has 0 bridgehead atoms. The van der Waals surface area contributed by atoms with Crippen molar-refractivity contribution >= 4 is 11.8 Å². The summed E-state index contributed by atoms with van der Waals surface area (Å²) in [5.74, 6) is 1.93. The number of methoxy groups -OCH3 is 1. The zero-order chi connectivity index (χ0) is 10.0. The second kappa shape index (κ2) is 3.83. The lowest BCUT2D eigenvalue weighted by Crippen LogP contribution is -2.07. The molecule has 1 aliphatic rings. The van der Waals surface area contributed by atoms with Gasteiger partial charge in [-0.05, 0) is 25.1 Å². The first kappa shape index (κ1) is 9.87. The molecule has 1 fully saturated rings. The smallest absolute Gasteiger partial charge is 0.119 e. The normalized spacial score (nSPS) is 24.7. The number of epoxide rings is 1. The Labute approximate surface area is 88.6 Å². The summed E-state index contributed by atoms with van der Waals surface area (Å²) in [5, 5.41) is 0. The van der Waals surface area contributed by atoms with Crippen LogP contribution in [0.1, 0.15) is 6.92 Å². The number of hydrogen-bond acceptors (Lipinski definition) is 3. The van der Waals surface area contributed by atoms with Crippen LogP contribution in [0.25, 0.3) is 0 Å². The topological polar surface area (TPSA) is 21.8 Å². The lowest BCUT2D eigenvalue weighted by Gasteiger charge is -2.06. The Morgan fingerprint density at radius 3 is 3.00 bits per heavy atom. The predicted octanol–water partition coefficient (Wildman–Crippen LogP) is 2.58. The minimum atomic E-state index is 0.119. The molecule has 0 aromatic heterocycles. The molecule has 1 heterocycles. The zero-order valence-electron chi connectivity index (χ0n) is 8.45. The van der Waals surface area contributed by atoms with Gasteiger partial charge in [0.2, 0.25) is 0 Å². The second-order valence-corrected chi connectivity index (χ2v) is 4.75. The Kier molecular flexibility index (Phi) is 2.70. The van der Waals surface area contributed by atoms with E-state index in [4.69, 9.17) is 9.47 Å². The molecule has 0 saturated carbocycles. The molecule has 1 unspecified atom stereocenters. The molecule has 1 aliphatic heterocycles. The first-order valence-corrected chi connectivity index (χ1v) is 5.61. The van der Waals surface area contributed by atoms with Crippen molar-refractivity contribution in [1.82, 2.24) is 0 Å². The van der Waals surface area contributed by atoms with Gasteiger partial charge in [0.05, 0.1) is 19.3 Å². The third-order valence-electron chi connectivity index (χ3n) is 2.22. The summed E-state index contributed by atoms with van der Waals surface area (Å²) in [5.41, 5.74) is 0.119. The van der Waals surface area contributed by atoms with Gasteiger partial charge in [0, 0.05) is 10.6 Å². The van der Waals surface area contributed by atoms with Crippen molar-refractivity contribution in [2.45, 2.75) is 17.4 Å². The summed E-state index contributed by atoms with van der Waals surface area (Å²) in [6.45, 7) is 3.03. The van der Waals surface area contributed by atoms with E-state index in [1.807, 2.05) is 23.9 Å². The molecule has 1 aromatic carbocycles. The SMILES string of the molecule is COc1cccc(SCC2(C)CO2)c1. The molecule has 0 N–H and O–H groups in total. The minimum absolute atomic E-state index is 0.119. The van der Waals surface area contributed by atoms with Gasteiger partial charge < -0.3 is 9.47 Å². The van der Waals surface area contributed by atoms with E-state index in [0.29, 0.717) is 0 Å². The van der Waals surface area contributed by atoms with Crippen LogP contribution in [0.3, 0.4) is 0 Å². The molecule has 1 aromatic rings. The van der Waals surface area contributed by atoms with E-state index in [9.17, 15) is 0 Å². The van der Waals surface area contributed by atoms with Crippen LogP contribution < -0.4 is 4.74 Å². The van der Waals surface area contributed by atoms with Gasteiger partial charge in [-0.3, -0.25) is 0 Å². The third kappa shape index (κ3) is 2.42. The minimum Gasteiger partial charge on any atom is -0.497 e. The second-order valence-electron chi connectivity index (χ2n) is 3.71. The molecule has 0 spiro atoms.